The highest BCUT2D eigenvalue weighted by Crippen LogP contribution is 2.38. The van der Waals surface area contributed by atoms with Crippen molar-refractivity contribution < 1.29 is 9.15 Å². The van der Waals surface area contributed by atoms with Gasteiger partial charge in [-0.15, -0.1) is 0 Å². The maximum Gasteiger partial charge on any atom is 0.151 e. The lowest BCUT2D eigenvalue weighted by molar-refractivity contribution is 0.481. The van der Waals surface area contributed by atoms with Gasteiger partial charge in [-0.25, -0.2) is 0 Å². The number of hydrogen-bond donors (Lipinski definition) is 0. The molecule has 2 heterocycles. The molecule has 0 aliphatic rings. The van der Waals surface area contributed by atoms with Gasteiger partial charge in [0, 0.05) is 21.5 Å². The zero-order valence-corrected chi connectivity index (χ0v) is 17.7. The Labute approximate surface area is 190 Å². The molecule has 0 N–H and O–H groups in total. The summed E-state index contributed by atoms with van der Waals surface area (Å²) in [6.45, 7) is 0. The van der Waals surface area contributed by atoms with E-state index in [1.807, 2.05) is 42.5 Å². The normalized spacial score (nSPS) is 11.6. The van der Waals surface area contributed by atoms with Crippen molar-refractivity contribution in [1.82, 2.24) is 4.57 Å². The molecule has 7 rings (SSSR count). The molecule has 0 aliphatic heterocycles. The van der Waals surface area contributed by atoms with Crippen molar-refractivity contribution in [2.45, 2.75) is 0 Å². The number of ether oxygens (including phenoxy) is 1. The van der Waals surface area contributed by atoms with Crippen molar-refractivity contribution in [2.24, 2.45) is 0 Å². The second-order valence-electron chi connectivity index (χ2n) is 8.20. The molecule has 33 heavy (non-hydrogen) atoms. The SMILES string of the molecule is c1ccc(-n2c3ccccc3c3ccccc32)c(Oc2ccc3oc4ccccc4c3c2)c1. The first-order chi connectivity index (χ1) is 16.4. The highest BCUT2D eigenvalue weighted by atomic mass is 16.5. The number of furan rings is 1. The summed E-state index contributed by atoms with van der Waals surface area (Å²) in [5.41, 5.74) is 5.07. The van der Waals surface area contributed by atoms with Crippen LogP contribution in [0.25, 0.3) is 49.4 Å². The lowest BCUT2D eigenvalue weighted by Crippen LogP contribution is -1.97. The van der Waals surface area contributed by atoms with E-state index in [0.29, 0.717) is 0 Å². The number of aromatic nitrogens is 1. The van der Waals surface area contributed by atoms with Crippen molar-refractivity contribution in [1.29, 1.82) is 0 Å². The molecule has 0 saturated heterocycles. The number of benzene rings is 5. The summed E-state index contributed by atoms with van der Waals surface area (Å²) < 4.78 is 14.8. The van der Waals surface area contributed by atoms with Crippen LogP contribution in [-0.4, -0.2) is 4.57 Å². The van der Waals surface area contributed by atoms with Crippen LogP contribution in [0, 0.1) is 0 Å². The molecule has 7 aromatic rings. The quantitative estimate of drug-likeness (QED) is 0.284. The molecular formula is C30H19NO2. The third kappa shape index (κ3) is 2.76. The van der Waals surface area contributed by atoms with E-state index < -0.39 is 0 Å². The van der Waals surface area contributed by atoms with Gasteiger partial charge in [0.2, 0.25) is 0 Å². The fraction of sp³-hybridized carbons (Fsp3) is 0. The lowest BCUT2D eigenvalue weighted by Gasteiger charge is -2.14. The number of hydrogen-bond acceptors (Lipinski definition) is 2. The summed E-state index contributed by atoms with van der Waals surface area (Å²) >= 11 is 0. The first kappa shape index (κ1) is 18.1. The van der Waals surface area contributed by atoms with Gasteiger partial charge in [-0.3, -0.25) is 0 Å². The van der Waals surface area contributed by atoms with Crippen LogP contribution in [-0.2, 0) is 0 Å². The molecule has 5 aromatic carbocycles. The van der Waals surface area contributed by atoms with Gasteiger partial charge in [-0.2, -0.15) is 0 Å². The fourth-order valence-electron chi connectivity index (χ4n) is 4.81. The summed E-state index contributed by atoms with van der Waals surface area (Å²) in [7, 11) is 0. The fourth-order valence-corrected chi connectivity index (χ4v) is 4.81. The van der Waals surface area contributed by atoms with Crippen molar-refractivity contribution in [3.8, 4) is 17.2 Å². The smallest absolute Gasteiger partial charge is 0.151 e. The van der Waals surface area contributed by atoms with Crippen molar-refractivity contribution in [3.05, 3.63) is 115 Å². The second-order valence-corrected chi connectivity index (χ2v) is 8.20. The molecule has 0 atom stereocenters. The summed E-state index contributed by atoms with van der Waals surface area (Å²) in [5.74, 6) is 1.58. The average molecular weight is 425 g/mol. The van der Waals surface area contributed by atoms with Gasteiger partial charge in [0.1, 0.15) is 16.9 Å². The van der Waals surface area contributed by atoms with E-state index in [4.69, 9.17) is 9.15 Å². The first-order valence-electron chi connectivity index (χ1n) is 11.0. The highest BCUT2D eigenvalue weighted by Gasteiger charge is 2.15. The van der Waals surface area contributed by atoms with Crippen LogP contribution in [0.15, 0.2) is 120 Å². The monoisotopic (exact) mass is 425 g/mol. The van der Waals surface area contributed by atoms with Crippen LogP contribution in [0.2, 0.25) is 0 Å². The molecule has 0 amide bonds. The van der Waals surface area contributed by atoms with E-state index >= 15 is 0 Å². The maximum atomic E-state index is 6.50. The molecule has 0 bridgehead atoms. The molecule has 156 valence electrons. The van der Waals surface area contributed by atoms with Crippen molar-refractivity contribution >= 4 is 43.7 Å². The molecule has 0 saturated carbocycles. The van der Waals surface area contributed by atoms with Crippen LogP contribution in [0.3, 0.4) is 0 Å². The number of rotatable bonds is 3. The minimum absolute atomic E-state index is 0.780. The average Bonchev–Trinajstić information content (AvgIpc) is 3.40. The number of fused-ring (bicyclic) bond motifs is 6. The van der Waals surface area contributed by atoms with Gasteiger partial charge < -0.3 is 13.7 Å². The predicted octanol–water partition coefficient (Wildman–Crippen LogP) is 8.48. The van der Waals surface area contributed by atoms with Crippen LogP contribution in [0.4, 0.5) is 0 Å². The molecule has 0 spiro atoms. The Hall–Kier alpha value is -4.50. The topological polar surface area (TPSA) is 27.3 Å². The van der Waals surface area contributed by atoms with Gasteiger partial charge in [0.15, 0.2) is 5.75 Å². The number of para-hydroxylation sites is 5. The molecule has 3 heteroatoms. The summed E-state index contributed by atoms with van der Waals surface area (Å²) in [5, 5.41) is 4.61. The third-order valence-electron chi connectivity index (χ3n) is 6.26. The van der Waals surface area contributed by atoms with Gasteiger partial charge in [0.05, 0.1) is 16.7 Å². The lowest BCUT2D eigenvalue weighted by atomic mass is 10.1. The first-order valence-corrected chi connectivity index (χ1v) is 11.0. The second kappa shape index (κ2) is 7.01. The van der Waals surface area contributed by atoms with Gasteiger partial charge in [-0.1, -0.05) is 66.7 Å². The van der Waals surface area contributed by atoms with E-state index in [2.05, 4.69) is 77.4 Å². The van der Waals surface area contributed by atoms with Crippen molar-refractivity contribution in [3.63, 3.8) is 0 Å². The Bertz CT molecular complexity index is 1750. The third-order valence-corrected chi connectivity index (χ3v) is 6.26. The van der Waals surface area contributed by atoms with E-state index in [1.165, 1.54) is 10.8 Å². The molecule has 0 aliphatic carbocycles. The minimum Gasteiger partial charge on any atom is -0.456 e. The van der Waals surface area contributed by atoms with Crippen LogP contribution >= 0.6 is 0 Å². The summed E-state index contributed by atoms with van der Waals surface area (Å²) in [6.07, 6.45) is 0. The molecule has 3 nitrogen and oxygen atoms in total. The molecule has 0 radical (unpaired) electrons. The highest BCUT2D eigenvalue weighted by molar-refractivity contribution is 6.09. The molecule has 0 unspecified atom stereocenters. The van der Waals surface area contributed by atoms with Gasteiger partial charge >= 0.3 is 0 Å². The zero-order valence-electron chi connectivity index (χ0n) is 17.7. The maximum absolute atomic E-state index is 6.50. The summed E-state index contributed by atoms with van der Waals surface area (Å²) in [4.78, 5) is 0. The van der Waals surface area contributed by atoms with Crippen LogP contribution in [0.1, 0.15) is 0 Å². The Morgan fingerprint density at radius 3 is 1.91 bits per heavy atom. The van der Waals surface area contributed by atoms with Crippen molar-refractivity contribution in [2.75, 3.05) is 0 Å². The van der Waals surface area contributed by atoms with Crippen LogP contribution in [0.5, 0.6) is 11.5 Å². The molecule has 0 fully saturated rings. The van der Waals surface area contributed by atoms with Crippen LogP contribution < -0.4 is 4.74 Å². The Morgan fingerprint density at radius 1 is 0.515 bits per heavy atom. The standard InChI is InChI=1S/C30H19NO2/c1-4-12-25-21(9-1)22-10-2-5-13-26(22)31(25)27-14-6-8-16-30(27)32-20-17-18-29-24(19-20)23-11-3-7-15-28(23)33-29/h1-19H. The largest absolute Gasteiger partial charge is 0.456 e. The van der Waals surface area contributed by atoms with E-state index in [9.17, 15) is 0 Å². The van der Waals surface area contributed by atoms with Gasteiger partial charge in [0.25, 0.3) is 0 Å². The Balaban J connectivity index is 1.41. The minimum atomic E-state index is 0.780. The zero-order chi connectivity index (χ0) is 21.8. The number of nitrogens with zero attached hydrogens (tertiary/aromatic N) is 1. The molecule has 2 aromatic heterocycles. The molecular weight excluding hydrogens is 406 g/mol. The van der Waals surface area contributed by atoms with E-state index in [0.717, 1.165) is 50.2 Å². The Morgan fingerprint density at radius 2 is 1.12 bits per heavy atom. The van der Waals surface area contributed by atoms with E-state index in [1.54, 1.807) is 0 Å². The summed E-state index contributed by atoms with van der Waals surface area (Å²) in [6, 6.07) is 39.3. The Kier molecular flexibility index (Phi) is 3.84. The predicted molar refractivity (Wildman–Crippen MR) is 135 cm³/mol. The van der Waals surface area contributed by atoms with E-state index in [-0.39, 0.29) is 0 Å². The van der Waals surface area contributed by atoms with Gasteiger partial charge in [-0.05, 0) is 48.5 Å².